The number of aliphatic hydroxyl groups is 3. The summed E-state index contributed by atoms with van der Waals surface area (Å²) < 4.78 is 46.1. The maximum atomic E-state index is 14.4. The summed E-state index contributed by atoms with van der Waals surface area (Å²) in [5.41, 5.74) is 0.716. The normalized spacial score (nSPS) is 27.9. The number of nitrogens with zero attached hydrogens (tertiary/aromatic N) is 4. The van der Waals surface area contributed by atoms with Gasteiger partial charge in [-0.15, -0.1) is 5.10 Å². The Bertz CT molecular complexity index is 1370. The average Bonchev–Trinajstić information content (AvgIpc) is 3.47. The Morgan fingerprint density at radius 1 is 1.12 bits per heavy atom. The molecule has 7 atom stereocenters. The van der Waals surface area contributed by atoms with E-state index in [1.807, 2.05) is 0 Å². The largest absolute Gasteiger partial charge is 0.497 e. The van der Waals surface area contributed by atoms with Crippen LogP contribution in [0.15, 0.2) is 48.7 Å². The number of aliphatic hydroxyl groups excluding tert-OH is 3. The summed E-state index contributed by atoms with van der Waals surface area (Å²) in [4.78, 5) is 15.9. The van der Waals surface area contributed by atoms with Gasteiger partial charge in [-0.05, 0) is 37.1 Å². The van der Waals surface area contributed by atoms with E-state index in [2.05, 4.69) is 10.3 Å². The third kappa shape index (κ3) is 5.88. The number of halogens is 2. The molecular weight excluding hydrogens is 554 g/mol. The van der Waals surface area contributed by atoms with Crippen molar-refractivity contribution in [2.45, 2.75) is 68.3 Å². The van der Waals surface area contributed by atoms with Crippen molar-refractivity contribution in [1.29, 1.82) is 0 Å². The molecule has 1 saturated heterocycles. The molecule has 2 aliphatic rings. The summed E-state index contributed by atoms with van der Waals surface area (Å²) in [7, 11) is 2.85. The third-order valence-electron chi connectivity index (χ3n) is 7.95. The SMILES string of the molecule is COc1cccc(N(C(=O)[C@@H]2O[C@H](CO)[C@H](O)[C@H](n3cc(-c4cc(F)cc(F)c4)nn3)[C@H]2OC)[C@H]2CCCC[C@@H]2O)c1. The Hall–Kier alpha value is -3.49. The van der Waals surface area contributed by atoms with E-state index in [0.29, 0.717) is 24.3 Å². The molecule has 11 nitrogen and oxygen atoms in total. The number of hydrogen-bond acceptors (Lipinski definition) is 9. The number of rotatable bonds is 8. The maximum Gasteiger partial charge on any atom is 0.259 e. The Morgan fingerprint density at radius 3 is 2.52 bits per heavy atom. The summed E-state index contributed by atoms with van der Waals surface area (Å²) in [6, 6.07) is 8.14. The van der Waals surface area contributed by atoms with E-state index in [-0.39, 0.29) is 11.3 Å². The number of carbonyl (C=O) groups excluding carboxylic acids is 1. The molecule has 1 aliphatic heterocycles. The van der Waals surface area contributed by atoms with E-state index in [4.69, 9.17) is 14.2 Å². The molecule has 2 fully saturated rings. The lowest BCUT2D eigenvalue weighted by atomic mass is 9.88. The molecular formula is C29H34F2N4O7. The number of anilines is 1. The first-order chi connectivity index (χ1) is 20.2. The van der Waals surface area contributed by atoms with Crippen molar-refractivity contribution >= 4 is 11.6 Å². The highest BCUT2D eigenvalue weighted by molar-refractivity contribution is 5.98. The summed E-state index contributed by atoms with van der Waals surface area (Å²) in [6.45, 7) is -0.625. The molecule has 3 aromatic rings. The smallest absolute Gasteiger partial charge is 0.259 e. The first-order valence-corrected chi connectivity index (χ1v) is 13.8. The summed E-state index contributed by atoms with van der Waals surface area (Å²) in [6.07, 6.45) is -1.82. The van der Waals surface area contributed by atoms with Crippen LogP contribution in [-0.2, 0) is 14.3 Å². The number of aromatic nitrogens is 3. The van der Waals surface area contributed by atoms with Gasteiger partial charge in [0.25, 0.3) is 5.91 Å². The van der Waals surface area contributed by atoms with E-state index < -0.39 is 66.8 Å². The number of benzene rings is 2. The van der Waals surface area contributed by atoms with Crippen molar-refractivity contribution in [3.8, 4) is 17.0 Å². The van der Waals surface area contributed by atoms with Crippen LogP contribution in [-0.4, -0.2) is 93.6 Å². The molecule has 0 unspecified atom stereocenters. The molecule has 0 bridgehead atoms. The van der Waals surface area contributed by atoms with Gasteiger partial charge in [0.1, 0.15) is 47.4 Å². The molecule has 0 spiro atoms. The Balaban J connectivity index is 1.54. The van der Waals surface area contributed by atoms with Gasteiger partial charge in [0.15, 0.2) is 6.10 Å². The van der Waals surface area contributed by atoms with Crippen LogP contribution in [0, 0.1) is 11.6 Å². The number of amides is 1. The van der Waals surface area contributed by atoms with Crippen LogP contribution < -0.4 is 9.64 Å². The molecule has 13 heteroatoms. The van der Waals surface area contributed by atoms with E-state index in [1.165, 1.54) is 30.0 Å². The highest BCUT2D eigenvalue weighted by Gasteiger charge is 2.52. The molecule has 5 rings (SSSR count). The van der Waals surface area contributed by atoms with Gasteiger partial charge >= 0.3 is 0 Å². The van der Waals surface area contributed by atoms with Crippen LogP contribution in [0.3, 0.4) is 0 Å². The molecule has 3 N–H and O–H groups in total. The second kappa shape index (κ2) is 12.8. The maximum absolute atomic E-state index is 14.4. The lowest BCUT2D eigenvalue weighted by molar-refractivity contribution is -0.211. The molecule has 1 saturated carbocycles. The number of methoxy groups -OCH3 is 2. The fourth-order valence-corrected chi connectivity index (χ4v) is 5.89. The molecule has 2 aromatic carbocycles. The van der Waals surface area contributed by atoms with Crippen LogP contribution in [0.25, 0.3) is 11.3 Å². The van der Waals surface area contributed by atoms with Crippen LogP contribution >= 0.6 is 0 Å². The van der Waals surface area contributed by atoms with Gasteiger partial charge in [-0.1, -0.05) is 24.1 Å². The van der Waals surface area contributed by atoms with Crippen molar-refractivity contribution in [3.63, 3.8) is 0 Å². The zero-order chi connectivity index (χ0) is 30.0. The van der Waals surface area contributed by atoms with Crippen LogP contribution in [0.1, 0.15) is 31.7 Å². The first kappa shape index (κ1) is 30.0. The third-order valence-corrected chi connectivity index (χ3v) is 7.95. The molecule has 1 aromatic heterocycles. The highest BCUT2D eigenvalue weighted by Crippen LogP contribution is 2.37. The molecule has 0 radical (unpaired) electrons. The number of carbonyl (C=O) groups is 1. The van der Waals surface area contributed by atoms with Gasteiger partial charge in [0.2, 0.25) is 0 Å². The standard InChI is InChI=1S/C29H34F2N4O7/c1-40-20-7-5-6-19(13-20)35(22-8-3-4-9-23(22)37)29(39)28-27(41-2)25(26(38)24(15-36)42-28)34-14-21(32-33-34)16-10-17(30)12-18(31)11-16/h5-7,10-14,22-28,36-38H,3-4,8-9,15H2,1-2H3/t22-,23-,24+,25-,26-,27+,28+/m0/s1. The average molecular weight is 589 g/mol. The van der Waals surface area contributed by atoms with E-state index in [0.717, 1.165) is 31.0 Å². The zero-order valence-electron chi connectivity index (χ0n) is 23.2. The molecule has 2 heterocycles. The second-order valence-corrected chi connectivity index (χ2v) is 10.5. The fourth-order valence-electron chi connectivity index (χ4n) is 5.89. The van der Waals surface area contributed by atoms with Crippen molar-refractivity contribution in [2.75, 3.05) is 25.7 Å². The molecule has 1 aliphatic carbocycles. The Labute approximate surface area is 241 Å². The van der Waals surface area contributed by atoms with Gasteiger partial charge in [-0.25, -0.2) is 13.5 Å². The van der Waals surface area contributed by atoms with E-state index in [9.17, 15) is 28.9 Å². The van der Waals surface area contributed by atoms with Crippen LogP contribution in [0.4, 0.5) is 14.5 Å². The minimum Gasteiger partial charge on any atom is -0.497 e. The summed E-state index contributed by atoms with van der Waals surface area (Å²) in [5.74, 6) is -1.64. The Kier molecular flexibility index (Phi) is 9.13. The monoisotopic (exact) mass is 588 g/mol. The minimum absolute atomic E-state index is 0.119. The van der Waals surface area contributed by atoms with E-state index in [1.54, 1.807) is 24.3 Å². The van der Waals surface area contributed by atoms with Crippen molar-refractivity contribution in [1.82, 2.24) is 15.0 Å². The second-order valence-electron chi connectivity index (χ2n) is 10.5. The van der Waals surface area contributed by atoms with Gasteiger partial charge in [0.05, 0.1) is 32.1 Å². The molecule has 226 valence electrons. The lowest BCUT2D eigenvalue weighted by Gasteiger charge is -2.46. The summed E-state index contributed by atoms with van der Waals surface area (Å²) in [5, 5.41) is 40.4. The van der Waals surface area contributed by atoms with Gasteiger partial charge in [0, 0.05) is 30.5 Å². The van der Waals surface area contributed by atoms with Gasteiger partial charge < -0.3 is 34.4 Å². The minimum atomic E-state index is -1.40. The topological polar surface area (TPSA) is 139 Å². The summed E-state index contributed by atoms with van der Waals surface area (Å²) >= 11 is 0. The molecule has 1 amide bonds. The van der Waals surface area contributed by atoms with Crippen molar-refractivity contribution < 1.29 is 43.1 Å². The van der Waals surface area contributed by atoms with Crippen LogP contribution in [0.2, 0.25) is 0 Å². The van der Waals surface area contributed by atoms with Crippen molar-refractivity contribution in [3.05, 3.63) is 60.3 Å². The van der Waals surface area contributed by atoms with Crippen molar-refractivity contribution in [2.24, 2.45) is 0 Å². The van der Waals surface area contributed by atoms with Gasteiger partial charge in [-0.3, -0.25) is 4.79 Å². The highest BCUT2D eigenvalue weighted by atomic mass is 19.1. The Morgan fingerprint density at radius 2 is 1.86 bits per heavy atom. The fraction of sp³-hybridized carbons (Fsp3) is 0.483. The number of ether oxygens (including phenoxy) is 3. The van der Waals surface area contributed by atoms with Crippen LogP contribution in [0.5, 0.6) is 5.75 Å². The molecule has 42 heavy (non-hydrogen) atoms. The predicted molar refractivity (Wildman–Crippen MR) is 146 cm³/mol. The quantitative estimate of drug-likeness (QED) is 0.362. The zero-order valence-corrected chi connectivity index (χ0v) is 23.2. The van der Waals surface area contributed by atoms with E-state index >= 15 is 0 Å². The first-order valence-electron chi connectivity index (χ1n) is 13.8. The predicted octanol–water partition coefficient (Wildman–Crippen LogP) is 2.25. The van der Waals surface area contributed by atoms with Gasteiger partial charge in [-0.2, -0.15) is 0 Å². The number of hydrogen-bond donors (Lipinski definition) is 3. The lowest BCUT2D eigenvalue weighted by Crippen LogP contribution is -2.63.